The molecule has 0 spiro atoms. The maximum absolute atomic E-state index is 13.2. The van der Waals surface area contributed by atoms with Gasteiger partial charge in [-0.1, -0.05) is 54.1 Å². The lowest BCUT2D eigenvalue weighted by molar-refractivity contribution is -0.130. The van der Waals surface area contributed by atoms with Crippen LogP contribution in [0.3, 0.4) is 0 Å². The van der Waals surface area contributed by atoms with Gasteiger partial charge in [-0.3, -0.25) is 9.59 Å². The molecule has 6 nitrogen and oxygen atoms in total. The number of carbonyl (C=O) groups excluding carboxylic acids is 1. The summed E-state index contributed by atoms with van der Waals surface area (Å²) in [6, 6.07) is 23.1. The van der Waals surface area contributed by atoms with Crippen LogP contribution in [-0.4, -0.2) is 23.7 Å². The number of hydrogen-bond acceptors (Lipinski definition) is 4. The molecule has 5 rings (SSSR count). The van der Waals surface area contributed by atoms with Crippen LogP contribution in [0.2, 0.25) is 5.02 Å². The van der Waals surface area contributed by atoms with Gasteiger partial charge in [0.25, 0.3) is 5.56 Å². The van der Waals surface area contributed by atoms with E-state index < -0.39 is 5.41 Å². The van der Waals surface area contributed by atoms with E-state index in [1.807, 2.05) is 66.7 Å². The van der Waals surface area contributed by atoms with Crippen LogP contribution in [0.1, 0.15) is 36.8 Å². The summed E-state index contributed by atoms with van der Waals surface area (Å²) in [6.07, 6.45) is 5.06. The number of primary amides is 1. The molecule has 0 bridgehead atoms. The summed E-state index contributed by atoms with van der Waals surface area (Å²) in [6.45, 7) is 0.446. The highest BCUT2D eigenvalue weighted by atomic mass is 35.5. The first kappa shape index (κ1) is 25.9. The second-order valence-corrected chi connectivity index (χ2v) is 10.5. The van der Waals surface area contributed by atoms with Crippen LogP contribution < -0.4 is 20.8 Å². The number of nitrogens with zero attached hydrogens (tertiary/aromatic N) is 1. The van der Waals surface area contributed by atoms with Gasteiger partial charge in [-0.05, 0) is 78.9 Å². The Balaban J connectivity index is 1.30. The van der Waals surface area contributed by atoms with Crippen LogP contribution >= 0.6 is 11.6 Å². The summed E-state index contributed by atoms with van der Waals surface area (Å²) in [4.78, 5) is 25.7. The number of fused-ring (bicyclic) bond motifs is 1. The highest BCUT2D eigenvalue weighted by Crippen LogP contribution is 2.41. The van der Waals surface area contributed by atoms with Crippen molar-refractivity contribution < 1.29 is 14.3 Å². The second-order valence-electron chi connectivity index (χ2n) is 10.1. The van der Waals surface area contributed by atoms with Crippen LogP contribution in [0, 0.1) is 5.41 Å². The molecule has 1 aliphatic carbocycles. The normalized spacial score (nSPS) is 19.3. The molecule has 38 heavy (non-hydrogen) atoms. The number of pyridine rings is 1. The average Bonchev–Trinajstić information content (AvgIpc) is 2.93. The van der Waals surface area contributed by atoms with E-state index >= 15 is 0 Å². The number of aromatic nitrogens is 1. The monoisotopic (exact) mass is 530 g/mol. The third-order valence-electron chi connectivity index (χ3n) is 7.63. The molecule has 1 heterocycles. The minimum atomic E-state index is -0.566. The van der Waals surface area contributed by atoms with Crippen LogP contribution in [-0.2, 0) is 17.8 Å². The van der Waals surface area contributed by atoms with Gasteiger partial charge in [0, 0.05) is 11.6 Å². The molecule has 0 saturated heterocycles. The molecule has 0 unspecified atom stereocenters. The lowest BCUT2D eigenvalue weighted by Gasteiger charge is -2.38. The fraction of sp³-hybridized carbons (Fsp3) is 0.290. The van der Waals surface area contributed by atoms with E-state index in [0.717, 1.165) is 22.3 Å². The highest BCUT2D eigenvalue weighted by molar-refractivity contribution is 6.32. The van der Waals surface area contributed by atoms with Crippen LogP contribution in [0.4, 0.5) is 0 Å². The number of amides is 1. The zero-order valence-electron chi connectivity index (χ0n) is 21.4. The summed E-state index contributed by atoms with van der Waals surface area (Å²) in [5, 5.41) is 1.71. The Kier molecular flexibility index (Phi) is 7.43. The molecule has 1 saturated carbocycles. The summed E-state index contributed by atoms with van der Waals surface area (Å²) in [5.41, 5.74) is 7.31. The summed E-state index contributed by atoms with van der Waals surface area (Å²) in [7, 11) is 1.62. The number of rotatable bonds is 8. The molecule has 196 valence electrons. The highest BCUT2D eigenvalue weighted by Gasteiger charge is 2.41. The number of benzene rings is 3. The number of carbonyl (C=O) groups is 1. The molecule has 0 aliphatic heterocycles. The van der Waals surface area contributed by atoms with Gasteiger partial charge in [-0.25, -0.2) is 0 Å². The zero-order chi connectivity index (χ0) is 26.7. The van der Waals surface area contributed by atoms with Crippen molar-refractivity contribution in [1.82, 2.24) is 4.57 Å². The smallest absolute Gasteiger partial charge is 0.258 e. The minimum absolute atomic E-state index is 0.0800. The number of nitrogens with two attached hydrogens (primary N) is 1. The first-order chi connectivity index (χ1) is 18.4. The van der Waals surface area contributed by atoms with Crippen LogP contribution in [0.15, 0.2) is 83.8 Å². The first-order valence-corrected chi connectivity index (χ1v) is 13.2. The van der Waals surface area contributed by atoms with Gasteiger partial charge in [0.15, 0.2) is 0 Å². The van der Waals surface area contributed by atoms with E-state index in [4.69, 9.17) is 26.8 Å². The fourth-order valence-electron chi connectivity index (χ4n) is 5.37. The van der Waals surface area contributed by atoms with Gasteiger partial charge in [0.2, 0.25) is 5.91 Å². The third-order valence-corrected chi connectivity index (χ3v) is 7.93. The van der Waals surface area contributed by atoms with E-state index in [9.17, 15) is 9.59 Å². The summed E-state index contributed by atoms with van der Waals surface area (Å²) >= 11 is 6.59. The zero-order valence-corrected chi connectivity index (χ0v) is 22.1. The maximum atomic E-state index is 13.2. The molecule has 4 aromatic rings. The van der Waals surface area contributed by atoms with Crippen molar-refractivity contribution in [2.75, 3.05) is 7.11 Å². The van der Waals surface area contributed by atoms with Gasteiger partial charge < -0.3 is 19.8 Å². The van der Waals surface area contributed by atoms with E-state index in [0.29, 0.717) is 54.8 Å². The Labute approximate surface area is 226 Å². The molecular weight excluding hydrogens is 500 g/mol. The van der Waals surface area contributed by atoms with E-state index in [-0.39, 0.29) is 17.6 Å². The predicted octanol–water partition coefficient (Wildman–Crippen LogP) is 5.75. The fourth-order valence-corrected chi connectivity index (χ4v) is 5.57. The van der Waals surface area contributed by atoms with Gasteiger partial charge >= 0.3 is 0 Å². The van der Waals surface area contributed by atoms with Crippen LogP contribution in [0.25, 0.3) is 10.8 Å². The standard InChI is InChI=1S/C31H31ClN2O4/c1-37-24-9-7-22(8-10-24)20-34-16-13-23-17-28(27(32)18-26(23)29(34)35)38-25-11-14-31(15-12-25,30(33)36)19-21-5-3-2-4-6-21/h2-10,13,16-18,25H,11-12,14-15,19-20H2,1H3,(H2,33,36). The van der Waals surface area contributed by atoms with Gasteiger partial charge in [-0.15, -0.1) is 0 Å². The van der Waals surface area contributed by atoms with Crippen molar-refractivity contribution in [3.05, 3.63) is 105 Å². The third kappa shape index (κ3) is 5.41. The van der Waals surface area contributed by atoms with Gasteiger partial charge in [0.1, 0.15) is 11.5 Å². The molecule has 1 aromatic heterocycles. The Morgan fingerprint density at radius 3 is 2.39 bits per heavy atom. The number of halogens is 1. The lowest BCUT2D eigenvalue weighted by atomic mass is 9.69. The largest absolute Gasteiger partial charge is 0.497 e. The Bertz CT molecular complexity index is 1490. The molecule has 0 radical (unpaired) electrons. The quantitative estimate of drug-likeness (QED) is 0.314. The molecule has 3 aromatic carbocycles. The molecule has 1 amide bonds. The van der Waals surface area contributed by atoms with Crippen molar-refractivity contribution in [2.24, 2.45) is 11.1 Å². The first-order valence-electron chi connectivity index (χ1n) is 12.8. The van der Waals surface area contributed by atoms with Crippen molar-refractivity contribution in [2.45, 2.75) is 44.8 Å². The van der Waals surface area contributed by atoms with Gasteiger partial charge in [-0.2, -0.15) is 0 Å². The molecule has 1 aliphatic rings. The number of hydrogen-bond donors (Lipinski definition) is 1. The number of ether oxygens (including phenoxy) is 2. The van der Waals surface area contributed by atoms with E-state index in [1.54, 1.807) is 23.9 Å². The summed E-state index contributed by atoms with van der Waals surface area (Å²) in [5.74, 6) is 1.06. The molecular formula is C31H31ClN2O4. The van der Waals surface area contributed by atoms with E-state index in [1.165, 1.54) is 0 Å². The molecule has 2 N–H and O–H groups in total. The Morgan fingerprint density at radius 2 is 1.74 bits per heavy atom. The number of methoxy groups -OCH3 is 1. The van der Waals surface area contributed by atoms with Crippen molar-refractivity contribution in [1.29, 1.82) is 0 Å². The van der Waals surface area contributed by atoms with Crippen molar-refractivity contribution in [3.8, 4) is 11.5 Å². The van der Waals surface area contributed by atoms with Crippen LogP contribution in [0.5, 0.6) is 11.5 Å². The lowest BCUT2D eigenvalue weighted by Crippen LogP contribution is -2.43. The molecule has 0 atom stereocenters. The average molecular weight is 531 g/mol. The predicted molar refractivity (Wildman–Crippen MR) is 150 cm³/mol. The molecule has 1 fully saturated rings. The Hall–Kier alpha value is -3.77. The van der Waals surface area contributed by atoms with Gasteiger partial charge in [0.05, 0.1) is 30.2 Å². The molecule has 7 heteroatoms. The Morgan fingerprint density at radius 1 is 1.03 bits per heavy atom. The van der Waals surface area contributed by atoms with E-state index in [2.05, 4.69) is 0 Å². The summed E-state index contributed by atoms with van der Waals surface area (Å²) < 4.78 is 13.2. The topological polar surface area (TPSA) is 83.5 Å². The minimum Gasteiger partial charge on any atom is -0.497 e. The van der Waals surface area contributed by atoms with Crippen molar-refractivity contribution in [3.63, 3.8) is 0 Å². The van der Waals surface area contributed by atoms with Crippen molar-refractivity contribution >= 4 is 28.3 Å². The maximum Gasteiger partial charge on any atom is 0.258 e. The second kappa shape index (κ2) is 10.9. The SMILES string of the molecule is COc1ccc(Cn2ccc3cc(OC4CCC(Cc5ccccc5)(C(N)=O)CC4)c(Cl)cc3c2=O)cc1.